The van der Waals surface area contributed by atoms with Gasteiger partial charge in [0.05, 0.1) is 22.3 Å². The first-order valence-electron chi connectivity index (χ1n) is 8.82. The van der Waals surface area contributed by atoms with Crippen LogP contribution in [0.5, 0.6) is 0 Å². The number of nitrogens with zero attached hydrogens (tertiary/aromatic N) is 4. The van der Waals surface area contributed by atoms with Crippen LogP contribution in [0.1, 0.15) is 30.1 Å². The van der Waals surface area contributed by atoms with Crippen LogP contribution in [0.15, 0.2) is 30.6 Å². The van der Waals surface area contributed by atoms with Gasteiger partial charge < -0.3 is 9.88 Å². The predicted octanol–water partition coefficient (Wildman–Crippen LogP) is 3.84. The van der Waals surface area contributed by atoms with Crippen molar-refractivity contribution in [3.05, 3.63) is 47.0 Å². The molecule has 0 radical (unpaired) electrons. The van der Waals surface area contributed by atoms with Crippen LogP contribution in [-0.2, 0) is 17.5 Å². The van der Waals surface area contributed by atoms with E-state index in [9.17, 15) is 18.0 Å². The van der Waals surface area contributed by atoms with Crippen molar-refractivity contribution < 1.29 is 18.0 Å². The van der Waals surface area contributed by atoms with Crippen LogP contribution in [0.4, 0.5) is 13.2 Å². The second-order valence-corrected chi connectivity index (χ2v) is 7.32. The largest absolute Gasteiger partial charge is 0.433 e. The Bertz CT molecular complexity index is 1010. The monoisotopic (exact) mass is 411 g/mol. The summed E-state index contributed by atoms with van der Waals surface area (Å²) in [6.45, 7) is 1.23. The molecule has 1 amide bonds. The van der Waals surface area contributed by atoms with Gasteiger partial charge in [-0.1, -0.05) is 11.6 Å². The predicted molar refractivity (Wildman–Crippen MR) is 96.9 cm³/mol. The van der Waals surface area contributed by atoms with E-state index in [4.69, 9.17) is 11.6 Å². The highest BCUT2D eigenvalue weighted by Crippen LogP contribution is 2.32. The van der Waals surface area contributed by atoms with Gasteiger partial charge in [0.25, 0.3) is 0 Å². The molecular weight excluding hydrogens is 395 g/mol. The van der Waals surface area contributed by atoms with E-state index in [1.54, 1.807) is 17.2 Å². The fraction of sp³-hybridized carbons (Fsp3) is 0.389. The van der Waals surface area contributed by atoms with Crippen LogP contribution in [0.2, 0.25) is 5.02 Å². The molecule has 1 aliphatic rings. The molecule has 1 fully saturated rings. The van der Waals surface area contributed by atoms with Crippen LogP contribution in [0, 0.1) is 0 Å². The molecule has 0 spiro atoms. The Morgan fingerprint density at radius 2 is 2.18 bits per heavy atom. The minimum atomic E-state index is -4.48. The second-order valence-electron chi connectivity index (χ2n) is 6.89. The smallest absolute Gasteiger partial charge is 0.357 e. The molecule has 1 aliphatic heterocycles. The van der Waals surface area contributed by atoms with Gasteiger partial charge in [-0.15, -0.1) is 0 Å². The number of hydrogen-bond acceptors (Lipinski definition) is 3. The molecule has 1 saturated heterocycles. The molecule has 148 valence electrons. The molecule has 0 bridgehead atoms. The van der Waals surface area contributed by atoms with Crippen molar-refractivity contribution in [3.8, 4) is 0 Å². The Hall–Kier alpha value is -2.55. The van der Waals surface area contributed by atoms with Crippen molar-refractivity contribution in [2.45, 2.75) is 31.5 Å². The highest BCUT2D eigenvalue weighted by molar-refractivity contribution is 6.30. The Morgan fingerprint density at radius 3 is 2.89 bits per heavy atom. The molecule has 0 saturated carbocycles. The van der Waals surface area contributed by atoms with Crippen LogP contribution >= 0.6 is 11.6 Å². The van der Waals surface area contributed by atoms with Crippen LogP contribution in [0.25, 0.3) is 11.0 Å². The van der Waals surface area contributed by atoms with Crippen molar-refractivity contribution in [1.29, 1.82) is 0 Å². The number of fused-ring (bicyclic) bond motifs is 1. The number of piperidine rings is 1. The van der Waals surface area contributed by atoms with Gasteiger partial charge in [-0.25, -0.2) is 4.98 Å². The number of aromatic nitrogens is 4. The minimum Gasteiger partial charge on any atom is -0.357 e. The van der Waals surface area contributed by atoms with Crippen molar-refractivity contribution in [3.63, 3.8) is 0 Å². The molecule has 0 unspecified atom stereocenters. The van der Waals surface area contributed by atoms with Crippen molar-refractivity contribution in [1.82, 2.24) is 24.6 Å². The Balaban J connectivity index is 1.50. The first kappa shape index (κ1) is 18.8. The van der Waals surface area contributed by atoms with E-state index in [1.165, 1.54) is 16.9 Å². The number of carbonyl (C=O) groups is 1. The SMILES string of the molecule is O=C(Cn1cc(Cl)cn1)N1CCC[C@H](c2cc3nc(C(F)(F)F)ccc3[nH]2)C1. The van der Waals surface area contributed by atoms with Crippen molar-refractivity contribution in [2.24, 2.45) is 0 Å². The third-order valence-electron chi connectivity index (χ3n) is 4.90. The first-order valence-corrected chi connectivity index (χ1v) is 9.20. The fourth-order valence-electron chi connectivity index (χ4n) is 3.53. The van der Waals surface area contributed by atoms with Gasteiger partial charge in [0.1, 0.15) is 12.2 Å². The molecule has 4 rings (SSSR count). The van der Waals surface area contributed by atoms with E-state index in [1.807, 2.05) is 0 Å². The molecular formula is C18H17ClF3N5O. The summed E-state index contributed by atoms with van der Waals surface area (Å²) in [6.07, 6.45) is 0.237. The molecule has 0 aliphatic carbocycles. The molecule has 0 aromatic carbocycles. The summed E-state index contributed by atoms with van der Waals surface area (Å²) in [5.74, 6) is -0.0551. The van der Waals surface area contributed by atoms with Gasteiger partial charge in [-0.3, -0.25) is 9.48 Å². The summed E-state index contributed by atoms with van der Waals surface area (Å²) in [5, 5.41) is 4.48. The number of likely N-dealkylation sites (tertiary alicyclic amines) is 1. The van der Waals surface area contributed by atoms with Crippen molar-refractivity contribution >= 4 is 28.5 Å². The number of hydrogen-bond donors (Lipinski definition) is 1. The highest BCUT2D eigenvalue weighted by Gasteiger charge is 2.33. The van der Waals surface area contributed by atoms with Gasteiger partial charge in [-0.2, -0.15) is 18.3 Å². The van der Waals surface area contributed by atoms with Gasteiger partial charge in [0, 0.05) is 30.9 Å². The molecule has 6 nitrogen and oxygen atoms in total. The van der Waals surface area contributed by atoms with Gasteiger partial charge in [0.15, 0.2) is 0 Å². The van der Waals surface area contributed by atoms with Gasteiger partial charge in [-0.05, 0) is 31.0 Å². The van der Waals surface area contributed by atoms with Gasteiger partial charge in [0.2, 0.25) is 5.91 Å². The molecule has 28 heavy (non-hydrogen) atoms. The lowest BCUT2D eigenvalue weighted by Crippen LogP contribution is -2.41. The molecule has 4 heterocycles. The number of rotatable bonds is 3. The quantitative estimate of drug-likeness (QED) is 0.712. The maximum Gasteiger partial charge on any atom is 0.433 e. The van der Waals surface area contributed by atoms with Crippen LogP contribution in [0.3, 0.4) is 0 Å². The Morgan fingerprint density at radius 1 is 1.36 bits per heavy atom. The van der Waals surface area contributed by atoms with E-state index >= 15 is 0 Å². The summed E-state index contributed by atoms with van der Waals surface area (Å²) in [6, 6.07) is 4.01. The zero-order valence-electron chi connectivity index (χ0n) is 14.7. The maximum atomic E-state index is 12.9. The lowest BCUT2D eigenvalue weighted by atomic mass is 9.95. The summed E-state index contributed by atoms with van der Waals surface area (Å²) in [7, 11) is 0. The maximum absolute atomic E-state index is 12.9. The lowest BCUT2D eigenvalue weighted by Gasteiger charge is -2.32. The van der Waals surface area contributed by atoms with E-state index in [0.717, 1.165) is 24.6 Å². The van der Waals surface area contributed by atoms with E-state index in [-0.39, 0.29) is 23.9 Å². The second kappa shape index (κ2) is 7.12. The number of carbonyl (C=O) groups excluding carboxylic acids is 1. The summed E-state index contributed by atoms with van der Waals surface area (Å²) in [5.41, 5.74) is 0.711. The molecule has 1 N–H and O–H groups in total. The third-order valence-corrected chi connectivity index (χ3v) is 5.09. The third kappa shape index (κ3) is 3.84. The number of aromatic amines is 1. The summed E-state index contributed by atoms with van der Waals surface area (Å²) < 4.78 is 40.1. The van der Waals surface area contributed by atoms with Gasteiger partial charge >= 0.3 is 6.18 Å². The number of nitrogens with one attached hydrogen (secondary N) is 1. The van der Waals surface area contributed by atoms with Crippen LogP contribution in [-0.4, -0.2) is 43.6 Å². The summed E-state index contributed by atoms with van der Waals surface area (Å²) in [4.78, 5) is 21.2. The number of H-pyrrole nitrogens is 1. The average molecular weight is 412 g/mol. The Kier molecular flexibility index (Phi) is 4.78. The topological polar surface area (TPSA) is 66.8 Å². The number of halogens is 4. The molecule has 1 atom stereocenters. The molecule has 3 aromatic rings. The zero-order chi connectivity index (χ0) is 19.9. The summed E-state index contributed by atoms with van der Waals surface area (Å²) >= 11 is 5.82. The molecule has 10 heteroatoms. The first-order chi connectivity index (χ1) is 13.3. The van der Waals surface area contributed by atoms with E-state index in [0.29, 0.717) is 23.6 Å². The number of amides is 1. The lowest BCUT2D eigenvalue weighted by molar-refractivity contribution is -0.141. The highest BCUT2D eigenvalue weighted by atomic mass is 35.5. The standard InChI is InChI=1S/C18H17ClF3N5O/c19-12-7-23-27(9-12)10-17(28)26-5-1-2-11(8-26)14-6-15-13(24-14)3-4-16(25-15)18(20,21)22/h3-4,6-7,9,11,24H,1-2,5,8,10H2/t11-/m0/s1. The average Bonchev–Trinajstić information content (AvgIpc) is 3.26. The molecule has 3 aromatic heterocycles. The normalized spacial score (nSPS) is 18.0. The minimum absolute atomic E-state index is 0.0162. The van der Waals surface area contributed by atoms with E-state index < -0.39 is 11.9 Å². The zero-order valence-corrected chi connectivity index (χ0v) is 15.5. The Labute approximate surface area is 163 Å². The fourth-order valence-corrected chi connectivity index (χ4v) is 3.68. The number of pyridine rings is 1. The van der Waals surface area contributed by atoms with Crippen molar-refractivity contribution in [2.75, 3.05) is 13.1 Å². The van der Waals surface area contributed by atoms with E-state index in [2.05, 4.69) is 15.1 Å². The van der Waals surface area contributed by atoms with Crippen LogP contribution < -0.4 is 0 Å². The number of alkyl halides is 3.